The molecule has 3 aromatic rings. The Hall–Kier alpha value is -3.42. The second-order valence-electron chi connectivity index (χ2n) is 8.22. The van der Waals surface area contributed by atoms with Gasteiger partial charge < -0.3 is 15.1 Å². The molecule has 2 fully saturated rings. The molecular formula is C23H26N6O2. The number of para-hydroxylation sites is 1. The van der Waals surface area contributed by atoms with Crippen LogP contribution in [0.3, 0.4) is 0 Å². The van der Waals surface area contributed by atoms with Gasteiger partial charge in [-0.15, -0.1) is 5.10 Å². The summed E-state index contributed by atoms with van der Waals surface area (Å²) in [6.07, 6.45) is 5.33. The number of anilines is 3. The highest BCUT2D eigenvalue weighted by atomic mass is 16.2. The normalized spacial score (nSPS) is 17.3. The van der Waals surface area contributed by atoms with Crippen molar-refractivity contribution in [1.82, 2.24) is 14.6 Å². The lowest BCUT2D eigenvalue weighted by Crippen LogP contribution is -2.47. The maximum Gasteiger partial charge on any atom is 0.298 e. The van der Waals surface area contributed by atoms with Gasteiger partial charge in [0.2, 0.25) is 5.91 Å². The summed E-state index contributed by atoms with van der Waals surface area (Å²) in [7, 11) is 0. The Labute approximate surface area is 180 Å². The van der Waals surface area contributed by atoms with Crippen LogP contribution in [0.4, 0.5) is 17.2 Å². The Morgan fingerprint density at radius 1 is 0.935 bits per heavy atom. The Morgan fingerprint density at radius 2 is 1.65 bits per heavy atom. The minimum absolute atomic E-state index is 0.0136. The van der Waals surface area contributed by atoms with Gasteiger partial charge in [0.25, 0.3) is 5.56 Å². The summed E-state index contributed by atoms with van der Waals surface area (Å²) >= 11 is 0. The zero-order valence-corrected chi connectivity index (χ0v) is 17.4. The maximum atomic E-state index is 13.0. The quantitative estimate of drug-likeness (QED) is 0.701. The molecule has 1 saturated heterocycles. The molecule has 1 aromatic carbocycles. The van der Waals surface area contributed by atoms with Crippen molar-refractivity contribution in [3.8, 4) is 0 Å². The van der Waals surface area contributed by atoms with Gasteiger partial charge in [-0.25, -0.2) is 4.98 Å². The van der Waals surface area contributed by atoms with Crippen LogP contribution < -0.4 is 20.7 Å². The summed E-state index contributed by atoms with van der Waals surface area (Å²) in [5.41, 5.74) is 1.53. The molecule has 3 heterocycles. The molecule has 8 nitrogen and oxygen atoms in total. The van der Waals surface area contributed by atoms with Crippen molar-refractivity contribution >= 4 is 28.7 Å². The molecule has 1 aliphatic heterocycles. The Bertz CT molecular complexity index is 1130. The highest BCUT2D eigenvalue weighted by Gasteiger charge is 2.24. The predicted octanol–water partition coefficient (Wildman–Crippen LogP) is 2.54. The first-order valence-electron chi connectivity index (χ1n) is 10.9. The third-order valence-electron chi connectivity index (χ3n) is 6.26. The third kappa shape index (κ3) is 3.97. The van der Waals surface area contributed by atoms with Crippen molar-refractivity contribution in [1.29, 1.82) is 0 Å². The zero-order chi connectivity index (χ0) is 21.2. The van der Waals surface area contributed by atoms with Crippen LogP contribution in [0.15, 0.2) is 53.5 Å². The summed E-state index contributed by atoms with van der Waals surface area (Å²) in [4.78, 5) is 34.3. The maximum absolute atomic E-state index is 13.0. The predicted molar refractivity (Wildman–Crippen MR) is 121 cm³/mol. The average Bonchev–Trinajstić information content (AvgIpc) is 3.37. The molecule has 1 aliphatic carbocycles. The van der Waals surface area contributed by atoms with E-state index in [9.17, 15) is 9.59 Å². The molecule has 1 N–H and O–H groups in total. The Kier molecular flexibility index (Phi) is 5.28. The number of amides is 1. The van der Waals surface area contributed by atoms with Gasteiger partial charge in [-0.2, -0.15) is 4.52 Å². The number of carbonyl (C=O) groups excluding carboxylic acids is 1. The minimum Gasteiger partial charge on any atom is -0.368 e. The fourth-order valence-electron chi connectivity index (χ4n) is 4.46. The van der Waals surface area contributed by atoms with Crippen LogP contribution in [0.5, 0.6) is 0 Å². The molecule has 5 rings (SSSR count). The monoisotopic (exact) mass is 418 g/mol. The molecule has 8 heteroatoms. The molecule has 0 atom stereocenters. The van der Waals surface area contributed by atoms with Crippen LogP contribution in [0.1, 0.15) is 25.7 Å². The SMILES string of the molecule is O=C(Nc1cnc2ccc(N3CCN(c4ccccc4)CC3)nn2c1=O)C1CCCC1. The lowest BCUT2D eigenvalue weighted by atomic mass is 10.1. The number of fused-ring (bicyclic) bond motifs is 1. The number of rotatable bonds is 4. The average molecular weight is 419 g/mol. The van der Waals surface area contributed by atoms with Crippen LogP contribution in [0.25, 0.3) is 5.65 Å². The number of hydrogen-bond acceptors (Lipinski definition) is 6. The highest BCUT2D eigenvalue weighted by Crippen LogP contribution is 2.25. The first kappa shape index (κ1) is 19.5. The molecule has 160 valence electrons. The van der Waals surface area contributed by atoms with E-state index in [1.54, 1.807) is 6.07 Å². The van der Waals surface area contributed by atoms with Gasteiger partial charge in [0.1, 0.15) is 11.5 Å². The molecular weight excluding hydrogens is 392 g/mol. The van der Waals surface area contributed by atoms with E-state index in [1.165, 1.54) is 16.4 Å². The number of piperazine rings is 1. The van der Waals surface area contributed by atoms with Crippen molar-refractivity contribution < 1.29 is 4.79 Å². The van der Waals surface area contributed by atoms with Crippen molar-refractivity contribution in [3.05, 3.63) is 59.0 Å². The smallest absolute Gasteiger partial charge is 0.298 e. The standard InChI is InChI=1S/C23H26N6O2/c30-22(17-6-4-5-7-17)25-19-16-24-20-10-11-21(26-29(20)23(19)31)28-14-12-27(13-15-28)18-8-2-1-3-9-18/h1-3,8-11,16-17H,4-7,12-15H2,(H,25,30). The van der Waals surface area contributed by atoms with E-state index in [-0.39, 0.29) is 23.1 Å². The lowest BCUT2D eigenvalue weighted by molar-refractivity contribution is -0.119. The molecule has 0 radical (unpaired) electrons. The van der Waals surface area contributed by atoms with Gasteiger partial charge in [-0.3, -0.25) is 9.59 Å². The third-order valence-corrected chi connectivity index (χ3v) is 6.26. The van der Waals surface area contributed by atoms with Crippen molar-refractivity contribution in [2.75, 3.05) is 41.3 Å². The summed E-state index contributed by atoms with van der Waals surface area (Å²) in [6.45, 7) is 3.39. The van der Waals surface area contributed by atoms with Crippen molar-refractivity contribution in [3.63, 3.8) is 0 Å². The van der Waals surface area contributed by atoms with Gasteiger partial charge >= 0.3 is 0 Å². The molecule has 1 amide bonds. The van der Waals surface area contributed by atoms with E-state index in [0.717, 1.165) is 57.7 Å². The molecule has 1 saturated carbocycles. The van der Waals surface area contributed by atoms with E-state index >= 15 is 0 Å². The van der Waals surface area contributed by atoms with Crippen LogP contribution in [0, 0.1) is 5.92 Å². The zero-order valence-electron chi connectivity index (χ0n) is 17.4. The molecule has 0 bridgehead atoms. The summed E-state index contributed by atoms with van der Waals surface area (Å²) in [6, 6.07) is 14.1. The number of aromatic nitrogens is 3. The molecule has 2 aromatic heterocycles. The molecule has 2 aliphatic rings. The fourth-order valence-corrected chi connectivity index (χ4v) is 4.46. The Balaban J connectivity index is 1.34. The summed E-state index contributed by atoms with van der Waals surface area (Å²) in [5, 5.41) is 7.33. The fraction of sp³-hybridized carbons (Fsp3) is 0.391. The van der Waals surface area contributed by atoms with Crippen molar-refractivity contribution in [2.45, 2.75) is 25.7 Å². The van der Waals surface area contributed by atoms with Crippen LogP contribution in [-0.2, 0) is 4.79 Å². The number of nitrogens with one attached hydrogen (secondary N) is 1. The second kappa shape index (κ2) is 8.37. The molecule has 31 heavy (non-hydrogen) atoms. The summed E-state index contributed by atoms with van der Waals surface area (Å²) < 4.78 is 1.29. The first-order valence-corrected chi connectivity index (χ1v) is 10.9. The first-order chi connectivity index (χ1) is 15.2. The van der Waals surface area contributed by atoms with Crippen LogP contribution in [-0.4, -0.2) is 46.7 Å². The number of benzene rings is 1. The van der Waals surface area contributed by atoms with Gasteiger partial charge in [0.05, 0.1) is 6.20 Å². The topological polar surface area (TPSA) is 82.8 Å². The van der Waals surface area contributed by atoms with Gasteiger partial charge in [0.15, 0.2) is 5.65 Å². The second-order valence-corrected chi connectivity index (χ2v) is 8.22. The molecule has 0 unspecified atom stereocenters. The van der Waals surface area contributed by atoms with Crippen LogP contribution in [0.2, 0.25) is 0 Å². The van der Waals surface area contributed by atoms with E-state index in [4.69, 9.17) is 0 Å². The largest absolute Gasteiger partial charge is 0.368 e. The molecule has 0 spiro atoms. The van der Waals surface area contributed by atoms with Gasteiger partial charge in [-0.1, -0.05) is 31.0 Å². The van der Waals surface area contributed by atoms with E-state index < -0.39 is 0 Å². The van der Waals surface area contributed by atoms with Crippen LogP contribution >= 0.6 is 0 Å². The number of nitrogens with zero attached hydrogens (tertiary/aromatic N) is 5. The van der Waals surface area contributed by atoms with Gasteiger partial charge in [0, 0.05) is 37.8 Å². The lowest BCUT2D eigenvalue weighted by Gasteiger charge is -2.36. The number of hydrogen-bond donors (Lipinski definition) is 1. The highest BCUT2D eigenvalue weighted by molar-refractivity contribution is 5.92. The van der Waals surface area contributed by atoms with Gasteiger partial charge in [-0.05, 0) is 37.1 Å². The Morgan fingerprint density at radius 3 is 2.39 bits per heavy atom. The number of carbonyl (C=O) groups is 1. The van der Waals surface area contributed by atoms with E-state index in [0.29, 0.717) is 5.65 Å². The van der Waals surface area contributed by atoms with E-state index in [2.05, 4.69) is 49.5 Å². The van der Waals surface area contributed by atoms with E-state index in [1.807, 2.05) is 12.1 Å². The summed E-state index contributed by atoms with van der Waals surface area (Å²) in [5.74, 6) is 0.633. The minimum atomic E-state index is -0.346. The van der Waals surface area contributed by atoms with Crippen molar-refractivity contribution in [2.24, 2.45) is 5.92 Å².